The summed E-state index contributed by atoms with van der Waals surface area (Å²) >= 11 is 0. The highest BCUT2D eigenvalue weighted by Gasteiger charge is 2.52. The Kier molecular flexibility index (Phi) is 9.28. The van der Waals surface area contributed by atoms with Gasteiger partial charge in [0.25, 0.3) is 5.91 Å². The van der Waals surface area contributed by atoms with Gasteiger partial charge < -0.3 is 19.8 Å². The number of aromatic nitrogens is 3. The van der Waals surface area contributed by atoms with E-state index in [0.29, 0.717) is 54.9 Å². The Morgan fingerprint density at radius 2 is 1.87 bits per heavy atom. The van der Waals surface area contributed by atoms with Gasteiger partial charge in [-0.15, -0.1) is 5.10 Å². The fourth-order valence-electron chi connectivity index (χ4n) is 6.09. The molecule has 2 aliphatic rings. The number of methoxy groups -OCH3 is 1. The maximum absolute atomic E-state index is 14.2. The number of fused-ring (bicyclic) bond motifs is 1. The van der Waals surface area contributed by atoms with Gasteiger partial charge in [-0.05, 0) is 47.9 Å². The Morgan fingerprint density at radius 3 is 2.66 bits per heavy atom. The molecule has 0 aliphatic carbocycles. The molecule has 0 saturated heterocycles. The van der Waals surface area contributed by atoms with Crippen molar-refractivity contribution in [3.63, 3.8) is 0 Å². The Balaban J connectivity index is 1.23. The van der Waals surface area contributed by atoms with Gasteiger partial charge in [-0.25, -0.2) is 5.01 Å². The highest BCUT2D eigenvalue weighted by molar-refractivity contribution is 6.09. The van der Waals surface area contributed by atoms with Gasteiger partial charge in [0.2, 0.25) is 5.91 Å². The van der Waals surface area contributed by atoms with Gasteiger partial charge >= 0.3 is 0 Å². The van der Waals surface area contributed by atoms with E-state index in [1.54, 1.807) is 41.1 Å². The van der Waals surface area contributed by atoms with E-state index in [4.69, 9.17) is 14.9 Å². The first-order chi connectivity index (χ1) is 22.8. The van der Waals surface area contributed by atoms with Gasteiger partial charge in [0, 0.05) is 50.1 Å². The fourth-order valence-corrected chi connectivity index (χ4v) is 6.09. The molecule has 3 aromatic carbocycles. The first-order valence-electron chi connectivity index (χ1n) is 15.8. The van der Waals surface area contributed by atoms with Crippen molar-refractivity contribution < 1.29 is 24.5 Å². The third kappa shape index (κ3) is 6.45. The van der Waals surface area contributed by atoms with Gasteiger partial charge in [-0.2, -0.15) is 5.10 Å². The van der Waals surface area contributed by atoms with Crippen LogP contribution in [-0.4, -0.2) is 56.4 Å². The highest BCUT2D eigenvalue weighted by atomic mass is 16.5. The predicted octanol–water partition coefficient (Wildman–Crippen LogP) is 4.37. The monoisotopic (exact) mass is 634 g/mol. The van der Waals surface area contributed by atoms with E-state index >= 15 is 0 Å². The molecule has 0 saturated carbocycles. The number of carbonyl (C=O) groups is 2. The number of carbonyl (C=O) groups excluding carboxylic acids is 2. The second-order valence-electron chi connectivity index (χ2n) is 11.8. The number of benzene rings is 3. The number of rotatable bonds is 12. The molecule has 11 heteroatoms. The molecule has 11 nitrogen and oxygen atoms in total. The molecule has 47 heavy (non-hydrogen) atoms. The maximum atomic E-state index is 14.2. The summed E-state index contributed by atoms with van der Waals surface area (Å²) in [6.45, 7) is 2.59. The van der Waals surface area contributed by atoms with Crippen LogP contribution >= 0.6 is 0 Å². The molecule has 2 amide bonds. The van der Waals surface area contributed by atoms with Crippen LogP contribution in [-0.2, 0) is 34.7 Å². The van der Waals surface area contributed by atoms with Gasteiger partial charge in [-0.1, -0.05) is 66.8 Å². The average molecular weight is 635 g/mol. The van der Waals surface area contributed by atoms with Crippen molar-refractivity contribution in [2.24, 2.45) is 11.0 Å². The average Bonchev–Trinajstić information content (AvgIpc) is 3.63. The van der Waals surface area contributed by atoms with E-state index in [1.165, 1.54) is 5.01 Å². The van der Waals surface area contributed by atoms with Crippen LogP contribution in [0, 0.1) is 5.92 Å². The minimum atomic E-state index is -1.82. The fraction of sp³-hybridized carbons (Fsp3) is 0.306. The molecule has 0 unspecified atom stereocenters. The molecular weight excluding hydrogens is 596 g/mol. The summed E-state index contributed by atoms with van der Waals surface area (Å²) in [6.07, 6.45) is 7.55. The number of hydrogen-bond acceptors (Lipinski definition) is 8. The first kappa shape index (κ1) is 31.8. The van der Waals surface area contributed by atoms with Crippen LogP contribution in [0.2, 0.25) is 0 Å². The first-order valence-corrected chi connectivity index (χ1v) is 15.8. The Morgan fingerprint density at radius 1 is 1.04 bits per heavy atom. The van der Waals surface area contributed by atoms with Crippen molar-refractivity contribution >= 4 is 28.9 Å². The van der Waals surface area contributed by atoms with E-state index < -0.39 is 17.4 Å². The summed E-state index contributed by atoms with van der Waals surface area (Å²) in [7, 11) is 1.55. The number of aliphatic hydroxyl groups is 2. The van der Waals surface area contributed by atoms with E-state index in [9.17, 15) is 14.7 Å². The lowest BCUT2D eigenvalue weighted by Gasteiger charge is -2.28. The quantitative estimate of drug-likeness (QED) is 0.221. The molecule has 2 N–H and O–H groups in total. The Bertz CT molecular complexity index is 1820. The number of nitrogens with zero attached hydrogens (tertiary/aromatic N) is 6. The molecule has 2 aliphatic heterocycles. The standard InChI is InChI=1S/C36H38N6O5/c1-25(9-6-7-19-40-24-28(18-20-43)37-39-40)36(46)31-22-30(47-2)14-16-33(31)41(35(36)45)23-26-10-8-13-29(21-26)42-34(44)17-15-32(38-42)27-11-4-3-5-12-27/h3-6,8-14,16,21-22,24-25,43,46H,7,15,17-20,23H2,1-2H3/b9-6+/t25-,36+/m1/s1. The minimum absolute atomic E-state index is 0.0136. The molecule has 3 heterocycles. The number of anilines is 2. The van der Waals surface area contributed by atoms with Crippen LogP contribution in [0.3, 0.4) is 0 Å². The number of hydrogen-bond donors (Lipinski definition) is 2. The third-order valence-corrected chi connectivity index (χ3v) is 8.67. The molecule has 1 aromatic heterocycles. The van der Waals surface area contributed by atoms with Gasteiger partial charge in [0.05, 0.1) is 36.4 Å². The highest BCUT2D eigenvalue weighted by Crippen LogP contribution is 2.47. The van der Waals surface area contributed by atoms with Crippen LogP contribution in [0.25, 0.3) is 0 Å². The van der Waals surface area contributed by atoms with Crippen LogP contribution in [0.15, 0.2) is 96.2 Å². The zero-order valence-corrected chi connectivity index (χ0v) is 26.5. The third-order valence-electron chi connectivity index (χ3n) is 8.67. The number of amides is 2. The zero-order valence-electron chi connectivity index (χ0n) is 26.5. The summed E-state index contributed by atoms with van der Waals surface area (Å²) in [5.41, 5.74) is 3.19. The smallest absolute Gasteiger partial charge is 0.264 e. The Labute approximate surface area is 273 Å². The molecule has 0 bridgehead atoms. The molecular formula is C36H38N6O5. The molecule has 6 rings (SSSR count). The zero-order chi connectivity index (χ0) is 33.0. The molecule has 0 radical (unpaired) electrons. The predicted molar refractivity (Wildman–Crippen MR) is 178 cm³/mol. The number of hydrazone groups is 1. The van der Waals surface area contributed by atoms with Crippen molar-refractivity contribution in [2.75, 3.05) is 23.6 Å². The van der Waals surface area contributed by atoms with E-state index in [2.05, 4.69) is 10.3 Å². The van der Waals surface area contributed by atoms with Crippen molar-refractivity contribution in [3.05, 3.63) is 114 Å². The topological polar surface area (TPSA) is 133 Å². The van der Waals surface area contributed by atoms with E-state index in [-0.39, 0.29) is 19.1 Å². The van der Waals surface area contributed by atoms with Gasteiger partial charge in [0.1, 0.15) is 5.75 Å². The maximum Gasteiger partial charge on any atom is 0.264 e. The summed E-state index contributed by atoms with van der Waals surface area (Å²) in [5, 5.41) is 35.5. The minimum Gasteiger partial charge on any atom is -0.497 e. The largest absolute Gasteiger partial charge is 0.497 e. The molecule has 0 fully saturated rings. The van der Waals surface area contributed by atoms with Crippen LogP contribution in [0.5, 0.6) is 5.75 Å². The van der Waals surface area contributed by atoms with Crippen molar-refractivity contribution in [1.29, 1.82) is 0 Å². The number of aliphatic hydroxyl groups excluding tert-OH is 1. The van der Waals surface area contributed by atoms with E-state index in [1.807, 2.05) is 73.7 Å². The lowest BCUT2D eigenvalue weighted by molar-refractivity contribution is -0.139. The summed E-state index contributed by atoms with van der Waals surface area (Å²) in [4.78, 5) is 28.7. The molecule has 0 spiro atoms. The number of aryl methyl sites for hydroxylation is 1. The summed E-state index contributed by atoms with van der Waals surface area (Å²) in [6, 6.07) is 22.5. The van der Waals surface area contributed by atoms with Gasteiger partial charge in [-0.3, -0.25) is 14.3 Å². The van der Waals surface area contributed by atoms with Crippen LogP contribution < -0.4 is 14.6 Å². The number of allylic oxidation sites excluding steroid dienone is 1. The molecule has 4 aromatic rings. The summed E-state index contributed by atoms with van der Waals surface area (Å²) in [5.74, 6) is -0.558. The number of ether oxygens (including phenoxy) is 1. The molecule has 2 atom stereocenters. The van der Waals surface area contributed by atoms with Gasteiger partial charge in [0.15, 0.2) is 5.60 Å². The van der Waals surface area contributed by atoms with Crippen LogP contribution in [0.1, 0.15) is 48.6 Å². The Hall–Kier alpha value is -5.13. The van der Waals surface area contributed by atoms with Crippen molar-refractivity contribution in [2.45, 2.75) is 51.3 Å². The lowest BCUT2D eigenvalue weighted by Crippen LogP contribution is -2.44. The van der Waals surface area contributed by atoms with Crippen LogP contribution in [0.4, 0.5) is 11.4 Å². The van der Waals surface area contributed by atoms with E-state index in [0.717, 1.165) is 22.5 Å². The van der Waals surface area contributed by atoms with Crippen molar-refractivity contribution in [1.82, 2.24) is 15.0 Å². The molecule has 242 valence electrons. The SMILES string of the molecule is COc1ccc2c(c1)[C@@](O)([C@H](C)/C=C/CCn1cc(CCO)nn1)C(=O)N2Cc1cccc(N2N=C(c3ccccc3)CCC2=O)c1. The summed E-state index contributed by atoms with van der Waals surface area (Å²) < 4.78 is 7.17. The van der Waals surface area contributed by atoms with Crippen molar-refractivity contribution in [3.8, 4) is 5.75 Å². The second-order valence-corrected chi connectivity index (χ2v) is 11.8. The lowest BCUT2D eigenvalue weighted by atomic mass is 9.83. The normalized spacial score (nSPS) is 18.5. The second kappa shape index (κ2) is 13.7.